The summed E-state index contributed by atoms with van der Waals surface area (Å²) in [6, 6.07) is -0.346. The highest BCUT2D eigenvalue weighted by Gasteiger charge is 2.18. The molecule has 0 heterocycles. The molecular weight excluding hydrogens is 156 g/mol. The summed E-state index contributed by atoms with van der Waals surface area (Å²) in [5.41, 5.74) is -0.0271. The third kappa shape index (κ3) is 4.73. The average Bonchev–Trinajstić information content (AvgIpc) is 1.84. The first kappa shape index (κ1) is 11.0. The first-order valence-electron chi connectivity index (χ1n) is 3.73. The molecular formula is C8H16N2O2. The second-order valence-electron chi connectivity index (χ2n) is 3.40. The molecule has 0 aliphatic carbocycles. The van der Waals surface area contributed by atoms with Crippen LogP contribution < -0.4 is 10.6 Å². The van der Waals surface area contributed by atoms with Gasteiger partial charge in [-0.15, -0.1) is 0 Å². The van der Waals surface area contributed by atoms with Crippen molar-refractivity contribution in [2.45, 2.75) is 26.3 Å². The topological polar surface area (TPSA) is 61.4 Å². The Morgan fingerprint density at radius 3 is 2.42 bits per heavy atom. The molecule has 0 aromatic heterocycles. The Morgan fingerprint density at radius 2 is 2.08 bits per heavy atom. The summed E-state index contributed by atoms with van der Waals surface area (Å²) in [6.07, 6.45) is 0. The molecule has 2 amide bonds. The zero-order valence-electron chi connectivity index (χ0n) is 7.77. The Balaban J connectivity index is 3.92. The smallest absolute Gasteiger partial charge is 0.319 e. The largest absolute Gasteiger partial charge is 0.394 e. The van der Waals surface area contributed by atoms with Gasteiger partial charge in [-0.2, -0.15) is 0 Å². The molecule has 0 rings (SSSR count). The van der Waals surface area contributed by atoms with Gasteiger partial charge in [0.05, 0.1) is 12.1 Å². The van der Waals surface area contributed by atoms with Crippen LogP contribution in [-0.2, 0) is 0 Å². The number of hydrogen-bond acceptors (Lipinski definition) is 2. The van der Waals surface area contributed by atoms with E-state index in [2.05, 4.69) is 17.2 Å². The van der Waals surface area contributed by atoms with Crippen LogP contribution in [0.15, 0.2) is 12.3 Å². The van der Waals surface area contributed by atoms with Gasteiger partial charge in [0.2, 0.25) is 0 Å². The van der Waals surface area contributed by atoms with Gasteiger partial charge in [-0.1, -0.05) is 6.58 Å². The van der Waals surface area contributed by atoms with Gasteiger partial charge in [0, 0.05) is 5.70 Å². The van der Waals surface area contributed by atoms with Gasteiger partial charge in [0.15, 0.2) is 0 Å². The van der Waals surface area contributed by atoms with E-state index in [0.717, 1.165) is 0 Å². The molecule has 0 saturated carbocycles. The molecule has 0 aliphatic heterocycles. The molecule has 12 heavy (non-hydrogen) atoms. The number of hydrogen-bond donors (Lipinski definition) is 3. The monoisotopic (exact) mass is 172 g/mol. The fraction of sp³-hybridized carbons (Fsp3) is 0.625. The molecule has 0 fully saturated rings. The van der Waals surface area contributed by atoms with E-state index in [9.17, 15) is 4.79 Å². The highest BCUT2D eigenvalue weighted by atomic mass is 16.3. The molecule has 70 valence electrons. The summed E-state index contributed by atoms with van der Waals surface area (Å²) >= 11 is 0. The van der Waals surface area contributed by atoms with E-state index in [4.69, 9.17) is 5.11 Å². The highest BCUT2D eigenvalue weighted by molar-refractivity contribution is 5.76. The second-order valence-corrected chi connectivity index (χ2v) is 3.40. The van der Waals surface area contributed by atoms with Crippen molar-refractivity contribution in [2.24, 2.45) is 0 Å². The lowest BCUT2D eigenvalue weighted by Crippen LogP contribution is -2.50. The zero-order chi connectivity index (χ0) is 9.78. The molecule has 0 aromatic carbocycles. The fourth-order valence-electron chi connectivity index (χ4n) is 0.572. The molecule has 4 nitrogen and oxygen atoms in total. The average molecular weight is 172 g/mol. The van der Waals surface area contributed by atoms with Gasteiger partial charge in [-0.05, 0) is 20.8 Å². The van der Waals surface area contributed by atoms with Crippen LogP contribution in [0.3, 0.4) is 0 Å². The van der Waals surface area contributed by atoms with Crippen LogP contribution in [0.25, 0.3) is 0 Å². The Labute approximate surface area is 72.7 Å². The predicted molar refractivity (Wildman–Crippen MR) is 47.6 cm³/mol. The van der Waals surface area contributed by atoms with Gasteiger partial charge in [0.1, 0.15) is 0 Å². The van der Waals surface area contributed by atoms with E-state index in [1.165, 1.54) is 0 Å². The first-order chi connectivity index (χ1) is 5.37. The minimum Gasteiger partial charge on any atom is -0.394 e. The maximum Gasteiger partial charge on any atom is 0.319 e. The van der Waals surface area contributed by atoms with Crippen molar-refractivity contribution in [1.82, 2.24) is 10.6 Å². The number of aliphatic hydroxyl groups is 1. The van der Waals surface area contributed by atoms with Gasteiger partial charge in [-0.3, -0.25) is 0 Å². The highest BCUT2D eigenvalue weighted by Crippen LogP contribution is 1.98. The van der Waals surface area contributed by atoms with E-state index in [0.29, 0.717) is 5.70 Å². The van der Waals surface area contributed by atoms with Crippen molar-refractivity contribution in [3.05, 3.63) is 12.3 Å². The summed E-state index contributed by atoms with van der Waals surface area (Å²) in [4.78, 5) is 11.0. The molecule has 0 radical (unpaired) electrons. The molecule has 0 atom stereocenters. The third-order valence-electron chi connectivity index (χ3n) is 1.17. The lowest BCUT2D eigenvalue weighted by Gasteiger charge is -2.23. The van der Waals surface area contributed by atoms with Crippen LogP contribution in [0.1, 0.15) is 20.8 Å². The maximum atomic E-state index is 11.0. The number of carbonyl (C=O) groups excluding carboxylic acids is 1. The lowest BCUT2D eigenvalue weighted by molar-refractivity contribution is 0.183. The summed E-state index contributed by atoms with van der Waals surface area (Å²) < 4.78 is 0. The first-order valence-corrected chi connectivity index (χ1v) is 3.73. The van der Waals surface area contributed by atoms with Crippen LogP contribution in [0.2, 0.25) is 0 Å². The van der Waals surface area contributed by atoms with Crippen LogP contribution in [0.5, 0.6) is 0 Å². The van der Waals surface area contributed by atoms with Crippen molar-refractivity contribution in [1.29, 1.82) is 0 Å². The van der Waals surface area contributed by atoms with Gasteiger partial charge in [0.25, 0.3) is 0 Å². The van der Waals surface area contributed by atoms with E-state index in [-0.39, 0.29) is 12.6 Å². The number of amides is 2. The van der Waals surface area contributed by atoms with Crippen molar-refractivity contribution < 1.29 is 9.90 Å². The number of allylic oxidation sites excluding steroid dienone is 1. The molecule has 0 spiro atoms. The Kier molecular flexibility index (Phi) is 3.76. The molecule has 3 N–H and O–H groups in total. The maximum absolute atomic E-state index is 11.0. The Hall–Kier alpha value is -1.03. The number of carbonyl (C=O) groups is 1. The summed E-state index contributed by atoms with van der Waals surface area (Å²) in [5, 5.41) is 13.9. The van der Waals surface area contributed by atoms with E-state index in [1.54, 1.807) is 20.8 Å². The SMILES string of the molecule is C=C(C)NC(=O)NC(C)(C)CO. The number of urea groups is 1. The molecule has 0 unspecified atom stereocenters. The number of rotatable bonds is 3. The van der Waals surface area contributed by atoms with Crippen LogP contribution in [-0.4, -0.2) is 23.3 Å². The number of aliphatic hydroxyl groups excluding tert-OH is 1. The summed E-state index contributed by atoms with van der Waals surface area (Å²) in [6.45, 7) is 8.56. The van der Waals surface area contributed by atoms with Gasteiger partial charge >= 0.3 is 6.03 Å². The van der Waals surface area contributed by atoms with E-state index < -0.39 is 5.54 Å². The Bertz CT molecular complexity index is 187. The lowest BCUT2D eigenvalue weighted by atomic mass is 10.1. The fourth-order valence-corrected chi connectivity index (χ4v) is 0.572. The number of nitrogens with one attached hydrogen (secondary N) is 2. The predicted octanol–water partition coefficient (Wildman–Crippen LogP) is 0.590. The van der Waals surface area contributed by atoms with Crippen LogP contribution >= 0.6 is 0 Å². The van der Waals surface area contributed by atoms with Crippen molar-refractivity contribution in [3.63, 3.8) is 0 Å². The minimum absolute atomic E-state index is 0.101. The normalized spacial score (nSPS) is 10.7. The van der Waals surface area contributed by atoms with Crippen LogP contribution in [0.4, 0.5) is 4.79 Å². The molecule has 0 bridgehead atoms. The standard InChI is InChI=1S/C8H16N2O2/c1-6(2)9-7(12)10-8(3,4)5-11/h11H,1,5H2,2-4H3,(H2,9,10,12). The molecule has 4 heteroatoms. The van der Waals surface area contributed by atoms with Crippen molar-refractivity contribution in [3.8, 4) is 0 Å². The Morgan fingerprint density at radius 1 is 1.58 bits per heavy atom. The second kappa shape index (κ2) is 4.11. The van der Waals surface area contributed by atoms with Gasteiger partial charge < -0.3 is 15.7 Å². The molecule has 0 saturated heterocycles. The third-order valence-corrected chi connectivity index (χ3v) is 1.17. The van der Waals surface area contributed by atoms with Crippen molar-refractivity contribution in [2.75, 3.05) is 6.61 Å². The van der Waals surface area contributed by atoms with Gasteiger partial charge in [-0.25, -0.2) is 4.79 Å². The molecule has 0 aliphatic rings. The van der Waals surface area contributed by atoms with Crippen LogP contribution in [0, 0.1) is 0 Å². The quantitative estimate of drug-likeness (QED) is 0.583. The summed E-state index contributed by atoms with van der Waals surface area (Å²) in [7, 11) is 0. The minimum atomic E-state index is -0.598. The van der Waals surface area contributed by atoms with E-state index >= 15 is 0 Å². The summed E-state index contributed by atoms with van der Waals surface area (Å²) in [5.74, 6) is 0. The molecule has 0 aromatic rings. The van der Waals surface area contributed by atoms with Crippen molar-refractivity contribution >= 4 is 6.03 Å². The zero-order valence-corrected chi connectivity index (χ0v) is 7.77. The van der Waals surface area contributed by atoms with E-state index in [1.807, 2.05) is 0 Å².